The molecule has 2 saturated heterocycles. The van der Waals surface area contributed by atoms with Gasteiger partial charge in [0, 0.05) is 13.1 Å². The molecule has 3 aliphatic rings. The molecule has 2 heterocycles. The van der Waals surface area contributed by atoms with Gasteiger partial charge < -0.3 is 10.2 Å². The predicted octanol–water partition coefficient (Wildman–Crippen LogP) is 1.33. The fraction of sp³-hybridized carbons (Fsp3) is 1.00. The molecule has 0 aromatic heterocycles. The Morgan fingerprint density at radius 3 is 2.36 bits per heavy atom. The highest BCUT2D eigenvalue weighted by molar-refractivity contribution is 4.89. The minimum atomic E-state index is 0.996. The Balaban J connectivity index is 1.42. The summed E-state index contributed by atoms with van der Waals surface area (Å²) in [6.45, 7) is 6.77. The van der Waals surface area contributed by atoms with Crippen molar-refractivity contribution < 1.29 is 0 Å². The van der Waals surface area contributed by atoms with Crippen LogP contribution in [0.2, 0.25) is 0 Å². The average Bonchev–Trinajstić information content (AvgIpc) is 2.59. The van der Waals surface area contributed by atoms with Crippen molar-refractivity contribution in [3.8, 4) is 0 Å². The van der Waals surface area contributed by atoms with Crippen molar-refractivity contribution in [3.05, 3.63) is 0 Å². The van der Waals surface area contributed by atoms with Crippen LogP contribution in [0.15, 0.2) is 0 Å². The van der Waals surface area contributed by atoms with Gasteiger partial charge in [-0.1, -0.05) is 6.42 Å². The molecular formula is C12H22N2. The number of hydrogen-bond acceptors (Lipinski definition) is 2. The number of likely N-dealkylation sites (tertiary alicyclic amines) is 1. The number of fused-ring (bicyclic) bond motifs is 1. The Kier molecular flexibility index (Phi) is 2.50. The van der Waals surface area contributed by atoms with Crippen molar-refractivity contribution >= 4 is 0 Å². The zero-order chi connectivity index (χ0) is 9.38. The number of nitrogens with zero attached hydrogens (tertiary/aromatic N) is 1. The average molecular weight is 194 g/mol. The third-order valence-corrected chi connectivity index (χ3v) is 4.52. The summed E-state index contributed by atoms with van der Waals surface area (Å²) in [5.41, 5.74) is 0. The first kappa shape index (κ1) is 9.17. The van der Waals surface area contributed by atoms with E-state index in [4.69, 9.17) is 0 Å². The number of rotatable bonds is 3. The highest BCUT2D eigenvalue weighted by Crippen LogP contribution is 2.37. The molecule has 0 aromatic carbocycles. The summed E-state index contributed by atoms with van der Waals surface area (Å²) < 4.78 is 0. The smallest absolute Gasteiger partial charge is 0.00129 e. The van der Waals surface area contributed by atoms with E-state index in [1.54, 1.807) is 0 Å². The summed E-state index contributed by atoms with van der Waals surface area (Å²) in [6, 6.07) is 0. The molecule has 1 saturated carbocycles. The second-order valence-electron chi connectivity index (χ2n) is 5.52. The number of nitrogens with one attached hydrogen (secondary N) is 1. The zero-order valence-electron chi connectivity index (χ0n) is 9.04. The van der Waals surface area contributed by atoms with Gasteiger partial charge in [0.25, 0.3) is 0 Å². The Bertz CT molecular complexity index is 188. The van der Waals surface area contributed by atoms with Crippen LogP contribution in [-0.4, -0.2) is 37.6 Å². The van der Waals surface area contributed by atoms with Gasteiger partial charge in [0.2, 0.25) is 0 Å². The molecule has 14 heavy (non-hydrogen) atoms. The third-order valence-electron chi connectivity index (χ3n) is 4.52. The van der Waals surface area contributed by atoms with E-state index in [1.807, 2.05) is 0 Å². The van der Waals surface area contributed by atoms with Crippen LogP contribution in [0.5, 0.6) is 0 Å². The second kappa shape index (κ2) is 3.82. The Morgan fingerprint density at radius 2 is 1.79 bits per heavy atom. The van der Waals surface area contributed by atoms with Gasteiger partial charge in [0.05, 0.1) is 0 Å². The van der Waals surface area contributed by atoms with Gasteiger partial charge in [0.15, 0.2) is 0 Å². The lowest BCUT2D eigenvalue weighted by Gasteiger charge is -2.29. The predicted molar refractivity (Wildman–Crippen MR) is 58.2 cm³/mol. The van der Waals surface area contributed by atoms with E-state index >= 15 is 0 Å². The third kappa shape index (κ3) is 1.70. The molecule has 1 N–H and O–H groups in total. The first-order valence-electron chi connectivity index (χ1n) is 6.35. The molecule has 0 aromatic rings. The Morgan fingerprint density at radius 1 is 1.07 bits per heavy atom. The van der Waals surface area contributed by atoms with Crippen LogP contribution in [0.3, 0.4) is 0 Å². The minimum absolute atomic E-state index is 0.996. The van der Waals surface area contributed by atoms with Crippen molar-refractivity contribution in [2.24, 2.45) is 17.8 Å². The molecular weight excluding hydrogens is 172 g/mol. The molecule has 2 atom stereocenters. The molecule has 2 unspecified atom stereocenters. The standard InChI is InChI=1S/C12H22N2/c1-2-11-8-14(9-12(11)3-1)5-4-10-6-13-7-10/h10-13H,1-9H2. The summed E-state index contributed by atoms with van der Waals surface area (Å²) in [7, 11) is 0. The minimum Gasteiger partial charge on any atom is -0.316 e. The van der Waals surface area contributed by atoms with E-state index in [0.717, 1.165) is 17.8 Å². The highest BCUT2D eigenvalue weighted by atomic mass is 15.2. The van der Waals surface area contributed by atoms with E-state index in [1.165, 1.54) is 58.4 Å². The van der Waals surface area contributed by atoms with Crippen molar-refractivity contribution in [2.45, 2.75) is 25.7 Å². The van der Waals surface area contributed by atoms with Crippen molar-refractivity contribution in [1.82, 2.24) is 10.2 Å². The Labute approximate surface area is 87.0 Å². The van der Waals surface area contributed by atoms with Gasteiger partial charge in [0.1, 0.15) is 0 Å². The summed E-state index contributed by atoms with van der Waals surface area (Å²) in [6.07, 6.45) is 5.99. The zero-order valence-corrected chi connectivity index (χ0v) is 9.04. The van der Waals surface area contributed by atoms with Crippen molar-refractivity contribution in [2.75, 3.05) is 32.7 Å². The van der Waals surface area contributed by atoms with Crippen LogP contribution in [0.4, 0.5) is 0 Å². The van der Waals surface area contributed by atoms with Crippen LogP contribution in [0.25, 0.3) is 0 Å². The largest absolute Gasteiger partial charge is 0.316 e. The lowest BCUT2D eigenvalue weighted by atomic mass is 9.99. The summed E-state index contributed by atoms with van der Waals surface area (Å²) in [4.78, 5) is 2.73. The highest BCUT2D eigenvalue weighted by Gasteiger charge is 2.35. The van der Waals surface area contributed by atoms with E-state index < -0.39 is 0 Å². The molecule has 0 bridgehead atoms. The van der Waals surface area contributed by atoms with Gasteiger partial charge in [-0.05, 0) is 56.7 Å². The van der Waals surface area contributed by atoms with E-state index in [9.17, 15) is 0 Å². The van der Waals surface area contributed by atoms with Gasteiger partial charge in [-0.15, -0.1) is 0 Å². The van der Waals surface area contributed by atoms with E-state index in [2.05, 4.69) is 10.2 Å². The molecule has 0 spiro atoms. The molecule has 3 fully saturated rings. The van der Waals surface area contributed by atoms with Crippen LogP contribution >= 0.6 is 0 Å². The van der Waals surface area contributed by atoms with Crippen molar-refractivity contribution in [3.63, 3.8) is 0 Å². The molecule has 2 aliphatic heterocycles. The fourth-order valence-corrected chi connectivity index (χ4v) is 3.43. The summed E-state index contributed by atoms with van der Waals surface area (Å²) in [5, 5.41) is 3.36. The maximum Gasteiger partial charge on any atom is 0.00129 e. The Hall–Kier alpha value is -0.0800. The maximum atomic E-state index is 3.36. The molecule has 80 valence electrons. The molecule has 0 radical (unpaired) electrons. The van der Waals surface area contributed by atoms with Crippen LogP contribution in [0, 0.1) is 17.8 Å². The fourth-order valence-electron chi connectivity index (χ4n) is 3.43. The first-order valence-corrected chi connectivity index (χ1v) is 6.35. The topological polar surface area (TPSA) is 15.3 Å². The van der Waals surface area contributed by atoms with Crippen LogP contribution in [-0.2, 0) is 0 Å². The molecule has 2 nitrogen and oxygen atoms in total. The maximum absolute atomic E-state index is 3.36. The van der Waals surface area contributed by atoms with Crippen LogP contribution in [0.1, 0.15) is 25.7 Å². The van der Waals surface area contributed by atoms with Gasteiger partial charge >= 0.3 is 0 Å². The van der Waals surface area contributed by atoms with Gasteiger partial charge in [-0.25, -0.2) is 0 Å². The normalized spacial score (nSPS) is 38.6. The van der Waals surface area contributed by atoms with Gasteiger partial charge in [-0.2, -0.15) is 0 Å². The van der Waals surface area contributed by atoms with Crippen LogP contribution < -0.4 is 5.32 Å². The lowest BCUT2D eigenvalue weighted by molar-refractivity contribution is 0.246. The van der Waals surface area contributed by atoms with E-state index in [0.29, 0.717) is 0 Å². The summed E-state index contributed by atoms with van der Waals surface area (Å²) >= 11 is 0. The molecule has 1 aliphatic carbocycles. The quantitative estimate of drug-likeness (QED) is 0.729. The second-order valence-corrected chi connectivity index (χ2v) is 5.52. The summed E-state index contributed by atoms with van der Waals surface area (Å²) in [5.74, 6) is 3.15. The number of hydrogen-bond donors (Lipinski definition) is 1. The first-order chi connectivity index (χ1) is 6.92. The molecule has 0 amide bonds. The van der Waals surface area contributed by atoms with Crippen molar-refractivity contribution in [1.29, 1.82) is 0 Å². The lowest BCUT2D eigenvalue weighted by Crippen LogP contribution is -2.43. The molecule has 2 heteroatoms. The van der Waals surface area contributed by atoms with Gasteiger partial charge in [-0.3, -0.25) is 0 Å². The SMILES string of the molecule is C1CC2CN(CCC3CNC3)CC2C1. The monoisotopic (exact) mass is 194 g/mol. The van der Waals surface area contributed by atoms with E-state index in [-0.39, 0.29) is 0 Å². The molecule has 3 rings (SSSR count).